The highest BCUT2D eigenvalue weighted by molar-refractivity contribution is 5.74. The molecule has 0 saturated heterocycles. The molecule has 0 saturated carbocycles. The van der Waals surface area contributed by atoms with Gasteiger partial charge in [-0.3, -0.25) is 4.98 Å². The Morgan fingerprint density at radius 1 is 1.16 bits per heavy atom. The molecule has 1 aromatic carbocycles. The van der Waals surface area contributed by atoms with Crippen LogP contribution < -0.4 is 5.73 Å². The highest BCUT2D eigenvalue weighted by Gasteiger charge is 2.41. The van der Waals surface area contributed by atoms with Crippen molar-refractivity contribution in [3.63, 3.8) is 0 Å². The summed E-state index contributed by atoms with van der Waals surface area (Å²) in [7, 11) is 0. The molecule has 4 nitrogen and oxygen atoms in total. The molecule has 0 bridgehead atoms. The van der Waals surface area contributed by atoms with Crippen LogP contribution in [-0.2, 0) is 23.8 Å². The lowest BCUT2D eigenvalue weighted by molar-refractivity contribution is -0.141. The number of alkyl halides is 3. The first-order valence-electron chi connectivity index (χ1n) is 8.00. The standard InChI is InChI=1S/C18H16F3N3O/c19-18(20,21)15-5-4-12(9-23-15)13-3-1-2-11-8-17(7-6-14(11)13)10-24-16(22)25-17/h1-5,9H,6-8,10H2,(H2,22,24). The second-order valence-corrected chi connectivity index (χ2v) is 6.49. The number of nitrogens with two attached hydrogens (primary N) is 1. The maximum absolute atomic E-state index is 12.7. The molecule has 1 unspecified atom stereocenters. The summed E-state index contributed by atoms with van der Waals surface area (Å²) in [5.74, 6) is 0. The zero-order valence-corrected chi connectivity index (χ0v) is 13.3. The third-order valence-corrected chi connectivity index (χ3v) is 4.83. The van der Waals surface area contributed by atoms with Gasteiger partial charge in [0.25, 0.3) is 6.02 Å². The number of ether oxygens (including phenoxy) is 1. The number of amidine groups is 1. The lowest BCUT2D eigenvalue weighted by Crippen LogP contribution is -2.40. The fourth-order valence-electron chi connectivity index (χ4n) is 3.61. The van der Waals surface area contributed by atoms with Crippen molar-refractivity contribution in [2.45, 2.75) is 31.0 Å². The van der Waals surface area contributed by atoms with Crippen LogP contribution in [0.15, 0.2) is 41.5 Å². The maximum Gasteiger partial charge on any atom is 0.433 e. The Kier molecular flexibility index (Phi) is 3.49. The van der Waals surface area contributed by atoms with E-state index in [-0.39, 0.29) is 11.6 Å². The van der Waals surface area contributed by atoms with Gasteiger partial charge in [0.05, 0.1) is 6.54 Å². The number of aliphatic imine (C=N–C) groups is 1. The number of nitrogens with zero attached hydrogens (tertiary/aromatic N) is 2. The highest BCUT2D eigenvalue weighted by Crippen LogP contribution is 2.39. The van der Waals surface area contributed by atoms with Gasteiger partial charge in [0.2, 0.25) is 0 Å². The normalized spacial score (nSPS) is 22.4. The van der Waals surface area contributed by atoms with Crippen LogP contribution in [0.3, 0.4) is 0 Å². The van der Waals surface area contributed by atoms with Crippen LogP contribution in [-0.4, -0.2) is 23.2 Å². The van der Waals surface area contributed by atoms with E-state index in [0.717, 1.165) is 35.6 Å². The number of pyridine rings is 1. The minimum absolute atomic E-state index is 0.228. The molecule has 4 rings (SSSR count). The number of fused-ring (bicyclic) bond motifs is 1. The van der Waals surface area contributed by atoms with Crippen LogP contribution in [0, 0.1) is 0 Å². The van der Waals surface area contributed by atoms with Crippen LogP contribution in [0.4, 0.5) is 13.2 Å². The Labute approximate surface area is 142 Å². The number of rotatable bonds is 1. The topological polar surface area (TPSA) is 60.5 Å². The van der Waals surface area contributed by atoms with Gasteiger partial charge in [0.1, 0.15) is 11.3 Å². The fraction of sp³-hybridized carbons (Fsp3) is 0.333. The van der Waals surface area contributed by atoms with Crippen molar-refractivity contribution in [2.24, 2.45) is 10.7 Å². The van der Waals surface area contributed by atoms with E-state index in [2.05, 4.69) is 9.98 Å². The largest absolute Gasteiger partial charge is 0.456 e. The first-order chi connectivity index (χ1) is 11.9. The molecule has 2 heterocycles. The van der Waals surface area contributed by atoms with Gasteiger partial charge in [-0.25, -0.2) is 4.99 Å². The van der Waals surface area contributed by atoms with Crippen molar-refractivity contribution in [1.82, 2.24) is 4.98 Å². The number of aromatic nitrogens is 1. The summed E-state index contributed by atoms with van der Waals surface area (Å²) in [5.41, 5.74) is 8.24. The lowest BCUT2D eigenvalue weighted by atomic mass is 9.78. The molecule has 0 fully saturated rings. The second kappa shape index (κ2) is 5.47. The molecule has 2 aromatic rings. The molecular weight excluding hydrogens is 331 g/mol. The van der Waals surface area contributed by atoms with Crippen molar-refractivity contribution in [3.8, 4) is 11.1 Å². The Balaban J connectivity index is 1.66. The Morgan fingerprint density at radius 3 is 2.64 bits per heavy atom. The molecule has 1 aliphatic carbocycles. The average molecular weight is 347 g/mol. The van der Waals surface area contributed by atoms with Crippen molar-refractivity contribution in [2.75, 3.05) is 6.54 Å². The number of benzene rings is 1. The fourth-order valence-corrected chi connectivity index (χ4v) is 3.61. The molecule has 1 atom stereocenters. The highest BCUT2D eigenvalue weighted by atomic mass is 19.4. The van der Waals surface area contributed by atoms with Gasteiger partial charge in [-0.15, -0.1) is 0 Å². The van der Waals surface area contributed by atoms with Crippen molar-refractivity contribution < 1.29 is 17.9 Å². The zero-order chi connectivity index (χ0) is 17.7. The third kappa shape index (κ3) is 2.83. The van der Waals surface area contributed by atoms with Gasteiger partial charge in [-0.1, -0.05) is 24.3 Å². The molecule has 25 heavy (non-hydrogen) atoms. The maximum atomic E-state index is 12.7. The predicted molar refractivity (Wildman–Crippen MR) is 87.0 cm³/mol. The summed E-state index contributed by atoms with van der Waals surface area (Å²) in [5, 5.41) is 0. The van der Waals surface area contributed by atoms with E-state index in [0.29, 0.717) is 18.5 Å². The Bertz CT molecular complexity index is 846. The zero-order valence-electron chi connectivity index (χ0n) is 13.3. The van der Waals surface area contributed by atoms with Crippen LogP contribution in [0.5, 0.6) is 0 Å². The van der Waals surface area contributed by atoms with E-state index >= 15 is 0 Å². The minimum Gasteiger partial charge on any atom is -0.456 e. The van der Waals surface area contributed by atoms with Crippen LogP contribution in [0.2, 0.25) is 0 Å². The molecule has 2 aliphatic rings. The van der Waals surface area contributed by atoms with Crippen LogP contribution in [0.1, 0.15) is 23.2 Å². The summed E-state index contributed by atoms with van der Waals surface area (Å²) < 4.78 is 43.8. The summed E-state index contributed by atoms with van der Waals surface area (Å²) in [6.07, 6.45) is -0.921. The van der Waals surface area contributed by atoms with E-state index in [1.807, 2.05) is 18.2 Å². The first kappa shape index (κ1) is 15.9. The Morgan fingerprint density at radius 2 is 2.00 bits per heavy atom. The molecule has 2 N–H and O–H groups in total. The molecule has 1 spiro atoms. The van der Waals surface area contributed by atoms with E-state index in [1.54, 1.807) is 0 Å². The quantitative estimate of drug-likeness (QED) is 0.861. The Hall–Kier alpha value is -2.57. The minimum atomic E-state index is -4.43. The summed E-state index contributed by atoms with van der Waals surface area (Å²) in [4.78, 5) is 7.73. The molecule has 130 valence electrons. The summed E-state index contributed by atoms with van der Waals surface area (Å²) >= 11 is 0. The predicted octanol–water partition coefficient (Wildman–Crippen LogP) is 3.34. The van der Waals surface area contributed by atoms with Crippen molar-refractivity contribution in [1.29, 1.82) is 0 Å². The van der Waals surface area contributed by atoms with Crippen LogP contribution >= 0.6 is 0 Å². The van der Waals surface area contributed by atoms with E-state index < -0.39 is 11.9 Å². The van der Waals surface area contributed by atoms with Crippen molar-refractivity contribution in [3.05, 3.63) is 53.3 Å². The number of halogens is 3. The molecule has 1 aromatic heterocycles. The molecule has 0 radical (unpaired) electrons. The molecular formula is C18H16F3N3O. The average Bonchev–Trinajstić information content (AvgIpc) is 2.93. The first-order valence-corrected chi connectivity index (χ1v) is 8.00. The van der Waals surface area contributed by atoms with Gasteiger partial charge >= 0.3 is 6.18 Å². The SMILES string of the molecule is NC1=NCC2(CCc3c(cccc3-c3ccc(C(F)(F)F)nc3)C2)O1. The number of hydrogen-bond donors (Lipinski definition) is 1. The number of hydrogen-bond acceptors (Lipinski definition) is 4. The van der Waals surface area contributed by atoms with Crippen LogP contribution in [0.25, 0.3) is 11.1 Å². The second-order valence-electron chi connectivity index (χ2n) is 6.49. The third-order valence-electron chi connectivity index (χ3n) is 4.83. The summed E-state index contributed by atoms with van der Waals surface area (Å²) in [6, 6.07) is 8.57. The molecule has 1 aliphatic heterocycles. The van der Waals surface area contributed by atoms with Gasteiger partial charge in [-0.2, -0.15) is 13.2 Å². The smallest absolute Gasteiger partial charge is 0.433 e. The molecule has 7 heteroatoms. The van der Waals surface area contributed by atoms with E-state index in [1.165, 1.54) is 12.3 Å². The monoisotopic (exact) mass is 347 g/mol. The summed E-state index contributed by atoms with van der Waals surface area (Å²) in [6.45, 7) is 0.546. The van der Waals surface area contributed by atoms with E-state index in [9.17, 15) is 13.2 Å². The molecule has 0 amide bonds. The van der Waals surface area contributed by atoms with Gasteiger partial charge in [0.15, 0.2) is 0 Å². The van der Waals surface area contributed by atoms with Gasteiger partial charge in [0, 0.05) is 18.2 Å². The van der Waals surface area contributed by atoms with Gasteiger partial charge in [-0.05, 0) is 35.6 Å². The van der Waals surface area contributed by atoms with Gasteiger partial charge < -0.3 is 10.5 Å². The van der Waals surface area contributed by atoms with E-state index in [4.69, 9.17) is 10.5 Å². The lowest BCUT2D eigenvalue weighted by Gasteiger charge is -2.34. The van der Waals surface area contributed by atoms with Crippen molar-refractivity contribution >= 4 is 6.02 Å².